The Balaban J connectivity index is 1.19. The fraction of sp³-hybridized carbons (Fsp3) is 0. The van der Waals surface area contributed by atoms with Crippen LogP contribution < -0.4 is 4.90 Å². The molecule has 53 heavy (non-hydrogen) atoms. The molecule has 9 aromatic carbocycles. The highest BCUT2D eigenvalue weighted by molar-refractivity contribution is 7.25. The van der Waals surface area contributed by atoms with Gasteiger partial charge < -0.3 is 9.47 Å². The number of rotatable bonds is 5. The van der Waals surface area contributed by atoms with Crippen molar-refractivity contribution in [1.29, 1.82) is 0 Å². The van der Waals surface area contributed by atoms with Gasteiger partial charge in [-0.25, -0.2) is 0 Å². The molecule has 3 heteroatoms. The molecule has 0 bridgehead atoms. The number of nitrogens with zero attached hydrogens (tertiary/aromatic N) is 2. The predicted molar refractivity (Wildman–Crippen MR) is 229 cm³/mol. The summed E-state index contributed by atoms with van der Waals surface area (Å²) in [6, 6.07) is 71.0. The van der Waals surface area contributed by atoms with Crippen LogP contribution in [-0.2, 0) is 0 Å². The molecule has 248 valence electrons. The summed E-state index contributed by atoms with van der Waals surface area (Å²) in [5.74, 6) is 0. The summed E-state index contributed by atoms with van der Waals surface area (Å²) in [7, 11) is 0. The largest absolute Gasteiger partial charge is 0.310 e. The molecule has 0 spiro atoms. The average Bonchev–Trinajstić information content (AvgIpc) is 3.77. The van der Waals surface area contributed by atoms with Gasteiger partial charge in [-0.3, -0.25) is 0 Å². The maximum absolute atomic E-state index is 2.47. The summed E-state index contributed by atoms with van der Waals surface area (Å²) in [5.41, 5.74) is 9.36. The summed E-state index contributed by atoms with van der Waals surface area (Å²) in [4.78, 5) is 2.47. The van der Waals surface area contributed by atoms with Crippen LogP contribution in [0.4, 0.5) is 17.1 Å². The topological polar surface area (TPSA) is 8.17 Å². The Morgan fingerprint density at radius 1 is 0.396 bits per heavy atom. The van der Waals surface area contributed by atoms with Crippen LogP contribution in [0.1, 0.15) is 0 Å². The van der Waals surface area contributed by atoms with Gasteiger partial charge in [0.05, 0.1) is 16.7 Å². The Morgan fingerprint density at radius 3 is 1.94 bits per heavy atom. The van der Waals surface area contributed by atoms with Crippen molar-refractivity contribution in [2.75, 3.05) is 4.90 Å². The molecule has 0 fully saturated rings. The number of para-hydroxylation sites is 3. The Labute approximate surface area is 311 Å². The SMILES string of the molecule is c1ccc(-n2c3ccccc3c3cccc(-c4cccc(N(c5ccc6c(c5)sc5ccccc56)c5cc6ccccc6c6ccccc56)c4)c32)cc1. The first-order chi connectivity index (χ1) is 26.3. The molecule has 0 radical (unpaired) electrons. The number of benzene rings is 9. The lowest BCUT2D eigenvalue weighted by Gasteiger charge is -2.28. The van der Waals surface area contributed by atoms with Gasteiger partial charge in [0.1, 0.15) is 0 Å². The molecule has 0 atom stereocenters. The lowest BCUT2D eigenvalue weighted by Crippen LogP contribution is -2.10. The summed E-state index contributed by atoms with van der Waals surface area (Å²) < 4.78 is 5.02. The molecule has 11 rings (SSSR count). The van der Waals surface area contributed by atoms with Gasteiger partial charge in [0.2, 0.25) is 0 Å². The van der Waals surface area contributed by atoms with E-state index in [0.717, 1.165) is 22.7 Å². The van der Waals surface area contributed by atoms with Gasteiger partial charge in [-0.2, -0.15) is 0 Å². The molecule has 11 aromatic rings. The predicted octanol–water partition coefficient (Wildman–Crippen LogP) is 14.6. The Kier molecular flexibility index (Phi) is 6.76. The van der Waals surface area contributed by atoms with Crippen molar-refractivity contribution < 1.29 is 0 Å². The molecule has 0 N–H and O–H groups in total. The van der Waals surface area contributed by atoms with E-state index in [-0.39, 0.29) is 0 Å². The number of hydrogen-bond acceptors (Lipinski definition) is 2. The second-order valence-corrected chi connectivity index (χ2v) is 14.8. The summed E-state index contributed by atoms with van der Waals surface area (Å²) in [6.45, 7) is 0. The first-order valence-corrected chi connectivity index (χ1v) is 18.9. The van der Waals surface area contributed by atoms with Crippen molar-refractivity contribution >= 4 is 91.9 Å². The van der Waals surface area contributed by atoms with E-state index in [4.69, 9.17) is 0 Å². The van der Waals surface area contributed by atoms with Crippen LogP contribution in [0.3, 0.4) is 0 Å². The van der Waals surface area contributed by atoms with Gasteiger partial charge in [0.25, 0.3) is 0 Å². The van der Waals surface area contributed by atoms with E-state index in [1.165, 1.54) is 74.6 Å². The van der Waals surface area contributed by atoms with Crippen molar-refractivity contribution in [3.8, 4) is 16.8 Å². The summed E-state index contributed by atoms with van der Waals surface area (Å²) >= 11 is 1.86. The van der Waals surface area contributed by atoms with Crippen molar-refractivity contribution in [2.24, 2.45) is 0 Å². The van der Waals surface area contributed by atoms with Gasteiger partial charge in [-0.1, -0.05) is 140 Å². The van der Waals surface area contributed by atoms with Crippen LogP contribution in [-0.4, -0.2) is 4.57 Å². The molecule has 0 unspecified atom stereocenters. The van der Waals surface area contributed by atoms with E-state index in [9.17, 15) is 0 Å². The molecular weight excluding hydrogens is 661 g/mol. The second kappa shape index (κ2) is 11.9. The van der Waals surface area contributed by atoms with Crippen molar-refractivity contribution in [3.63, 3.8) is 0 Å². The molecule has 2 aromatic heterocycles. The van der Waals surface area contributed by atoms with Gasteiger partial charge in [0, 0.05) is 59.0 Å². The van der Waals surface area contributed by atoms with Gasteiger partial charge in [-0.05, 0) is 76.3 Å². The molecule has 2 nitrogen and oxygen atoms in total. The zero-order chi connectivity index (χ0) is 34.9. The fourth-order valence-electron chi connectivity index (χ4n) is 8.41. The first kappa shape index (κ1) is 30.0. The minimum atomic E-state index is 1.11. The maximum atomic E-state index is 2.47. The average molecular weight is 693 g/mol. The van der Waals surface area contributed by atoms with E-state index in [2.05, 4.69) is 204 Å². The van der Waals surface area contributed by atoms with Crippen LogP contribution in [0.5, 0.6) is 0 Å². The van der Waals surface area contributed by atoms with E-state index in [0.29, 0.717) is 0 Å². The highest BCUT2D eigenvalue weighted by atomic mass is 32.1. The highest BCUT2D eigenvalue weighted by Gasteiger charge is 2.21. The van der Waals surface area contributed by atoms with Crippen LogP contribution in [0.15, 0.2) is 194 Å². The third-order valence-electron chi connectivity index (χ3n) is 10.7. The number of anilines is 3. The number of thiophene rings is 1. The third kappa shape index (κ3) is 4.71. The van der Waals surface area contributed by atoms with Crippen LogP contribution in [0.2, 0.25) is 0 Å². The quantitative estimate of drug-likeness (QED) is 0.163. The van der Waals surface area contributed by atoms with Crippen molar-refractivity contribution in [2.45, 2.75) is 0 Å². The Bertz CT molecular complexity index is 3190. The normalized spacial score (nSPS) is 11.8. The standard InChI is InChI=1S/C50H32N2S/c1-2-16-35(17-3-1)52-46-26-10-8-22-42(46)45-25-13-24-39(50(45)52)33-15-12-18-36(30-33)51(37-28-29-44-43-23-9-11-27-48(43)53-49(44)32-37)47-31-34-14-4-5-19-38(34)40-20-6-7-21-41(40)47/h1-32H. The number of aromatic nitrogens is 1. The third-order valence-corrected chi connectivity index (χ3v) is 11.9. The molecule has 0 aliphatic carbocycles. The monoisotopic (exact) mass is 692 g/mol. The lowest BCUT2D eigenvalue weighted by atomic mass is 9.98. The highest BCUT2D eigenvalue weighted by Crippen LogP contribution is 2.46. The van der Waals surface area contributed by atoms with Crippen LogP contribution >= 0.6 is 11.3 Å². The first-order valence-electron chi connectivity index (χ1n) is 18.1. The molecule has 0 amide bonds. The Morgan fingerprint density at radius 2 is 1.06 bits per heavy atom. The lowest BCUT2D eigenvalue weighted by molar-refractivity contribution is 1.18. The van der Waals surface area contributed by atoms with E-state index < -0.39 is 0 Å². The minimum absolute atomic E-state index is 1.11. The zero-order valence-corrected chi connectivity index (χ0v) is 29.6. The van der Waals surface area contributed by atoms with Crippen molar-refractivity contribution in [3.05, 3.63) is 194 Å². The molecule has 2 heterocycles. The van der Waals surface area contributed by atoms with Gasteiger partial charge in [-0.15, -0.1) is 11.3 Å². The molecule has 0 saturated carbocycles. The maximum Gasteiger partial charge on any atom is 0.0619 e. The van der Waals surface area contributed by atoms with Gasteiger partial charge >= 0.3 is 0 Å². The van der Waals surface area contributed by atoms with E-state index >= 15 is 0 Å². The fourth-order valence-corrected chi connectivity index (χ4v) is 9.55. The summed E-state index contributed by atoms with van der Waals surface area (Å²) in [5, 5.41) is 10.1. The second-order valence-electron chi connectivity index (χ2n) is 13.7. The number of fused-ring (bicyclic) bond motifs is 9. The van der Waals surface area contributed by atoms with Crippen molar-refractivity contribution in [1.82, 2.24) is 4.57 Å². The summed E-state index contributed by atoms with van der Waals surface area (Å²) in [6.07, 6.45) is 0. The molecule has 0 aliphatic heterocycles. The smallest absolute Gasteiger partial charge is 0.0619 e. The molecular formula is C50H32N2S. The van der Waals surface area contributed by atoms with Crippen LogP contribution in [0, 0.1) is 0 Å². The minimum Gasteiger partial charge on any atom is -0.310 e. The zero-order valence-electron chi connectivity index (χ0n) is 28.8. The van der Waals surface area contributed by atoms with Gasteiger partial charge in [0.15, 0.2) is 0 Å². The van der Waals surface area contributed by atoms with Crippen LogP contribution in [0.25, 0.3) is 80.3 Å². The number of hydrogen-bond donors (Lipinski definition) is 0. The molecule has 0 saturated heterocycles. The van der Waals surface area contributed by atoms with E-state index in [1.54, 1.807) is 0 Å². The Hall–Kier alpha value is -6.68. The van der Waals surface area contributed by atoms with E-state index in [1.807, 2.05) is 11.3 Å². The molecule has 0 aliphatic rings.